The van der Waals surface area contributed by atoms with Gasteiger partial charge < -0.3 is 28.1 Å². The number of halogens is 2. The molecule has 2 heterocycles. The first-order valence-electron chi connectivity index (χ1n) is 42.4. The molecule has 580 valence electrons. The van der Waals surface area contributed by atoms with Crippen molar-refractivity contribution in [1.82, 2.24) is 0 Å². The predicted molar refractivity (Wildman–Crippen MR) is 489 cm³/mol. The van der Waals surface area contributed by atoms with Gasteiger partial charge in [0.15, 0.2) is 0 Å². The van der Waals surface area contributed by atoms with E-state index in [4.69, 9.17) is 18.3 Å². The second-order valence-corrected chi connectivity index (χ2v) is 33.7. The Morgan fingerprint density at radius 3 is 0.837 bits per heavy atom. The van der Waals surface area contributed by atoms with Gasteiger partial charge in [-0.05, 0) is 329 Å². The van der Waals surface area contributed by atoms with Crippen LogP contribution >= 0.6 is 0 Å². The minimum atomic E-state index is -0.924. The zero-order valence-electron chi connectivity index (χ0n) is 66.6. The van der Waals surface area contributed by atoms with Crippen LogP contribution in [0.3, 0.4) is 0 Å². The van der Waals surface area contributed by atoms with Crippen LogP contribution in [0, 0.1) is 11.6 Å². The van der Waals surface area contributed by atoms with E-state index in [-0.39, 0.29) is 11.6 Å². The van der Waals surface area contributed by atoms with E-state index in [0.29, 0.717) is 0 Å². The molecule has 0 amide bonds. The summed E-state index contributed by atoms with van der Waals surface area (Å²) in [4.78, 5) is 4.87. The van der Waals surface area contributed by atoms with Crippen LogP contribution in [0.2, 0.25) is 0 Å². The summed E-state index contributed by atoms with van der Waals surface area (Å²) < 4.78 is 58.0. The Morgan fingerprint density at radius 2 is 0.488 bits per heavy atom. The van der Waals surface area contributed by atoms with Gasteiger partial charge in [-0.3, -0.25) is 0 Å². The maximum absolute atomic E-state index is 15.7. The van der Waals surface area contributed by atoms with Crippen molar-refractivity contribution in [2.24, 2.45) is 0 Å². The molecule has 0 fully saturated rings. The highest BCUT2D eigenvalue weighted by Gasteiger charge is 2.54. The molecule has 0 bridgehead atoms. The highest BCUT2D eigenvalue weighted by Crippen LogP contribution is 2.66. The lowest BCUT2D eigenvalue weighted by atomic mass is 9.67. The second-order valence-electron chi connectivity index (χ2n) is 33.7. The van der Waals surface area contributed by atoms with Crippen molar-refractivity contribution in [2.75, 3.05) is 9.80 Å². The average molecular weight is 1580 g/mol. The molecule has 18 aromatic carbocycles. The number of fused-ring (bicyclic) bond motifs is 24. The molecule has 123 heavy (non-hydrogen) atoms. The zero-order valence-corrected chi connectivity index (χ0v) is 66.6. The Labute approximate surface area is 708 Å². The zero-order chi connectivity index (χ0) is 81.0. The third-order valence-electron chi connectivity index (χ3n) is 27.7. The van der Waals surface area contributed by atoms with Crippen molar-refractivity contribution in [3.63, 3.8) is 0 Å². The van der Waals surface area contributed by atoms with Gasteiger partial charge in [0, 0.05) is 55.7 Å². The first-order chi connectivity index (χ1) is 60.7. The molecule has 2 aromatic heterocycles. The van der Waals surface area contributed by atoms with Crippen LogP contribution < -0.4 is 19.3 Å². The van der Waals surface area contributed by atoms with Gasteiger partial charge in [-0.15, -0.1) is 0 Å². The summed E-state index contributed by atoms with van der Waals surface area (Å²) in [5, 5.41) is 4.05. The molecular weight excluding hydrogens is 1510 g/mol. The van der Waals surface area contributed by atoms with Crippen LogP contribution in [0.25, 0.3) is 88.4 Å². The van der Waals surface area contributed by atoms with Crippen molar-refractivity contribution in [1.29, 1.82) is 0 Å². The van der Waals surface area contributed by atoms with Gasteiger partial charge in [0.05, 0.1) is 16.2 Å². The summed E-state index contributed by atoms with van der Waals surface area (Å²) in [5.41, 5.74) is 33.5. The lowest BCUT2D eigenvalue weighted by Crippen LogP contribution is -2.29. The minimum Gasteiger partial charge on any atom is -0.457 e. The largest absolute Gasteiger partial charge is 0.457 e. The SMILES string of the molecule is Fc1ccc(C2(c3ccc(Oc4ccc5c(c4)CC5)cc3)c3ccccc3-c3ccc(N(c4ccc5c(c4)C4(c6ccccc6-5)c5ccccc5-c5ccc(N(c6ccc7c(c6)C(c6ccc(F)cc6)(c6ccc(Oc8ccc9c(c8)CC9)cc6)c6ccccc6-7)c6ccc7oc8ccccc8c7c6)cc54)c4ccc5oc6ccccc6c5c4)cc32)cc1. The van der Waals surface area contributed by atoms with E-state index in [1.807, 2.05) is 48.5 Å². The number of anilines is 6. The van der Waals surface area contributed by atoms with Gasteiger partial charge in [0.2, 0.25) is 0 Å². The minimum absolute atomic E-state index is 0.305. The van der Waals surface area contributed by atoms with E-state index < -0.39 is 16.2 Å². The topological polar surface area (TPSA) is 51.2 Å². The van der Waals surface area contributed by atoms with E-state index in [0.717, 1.165) is 227 Å². The quantitative estimate of drug-likeness (QED) is 0.108. The monoisotopic (exact) mass is 1580 g/mol. The van der Waals surface area contributed by atoms with Gasteiger partial charge in [-0.25, -0.2) is 8.78 Å². The third-order valence-corrected chi connectivity index (χ3v) is 27.7. The summed E-state index contributed by atoms with van der Waals surface area (Å²) in [7, 11) is 0. The standard InChI is InChI=1S/C115H72F2N2O4/c116-77-39-31-73(32-40-77)113(75-35-51-85(52-36-75)120-87-49-29-69-25-27-71(69)61-87)101-19-7-1-13-89(101)93-55-43-81(65-105(93)113)118(79-47-59-111-99(63-79)97-17-5-11-23-109(97)122-111)83-45-57-95-91-15-3-9-21-103(91)115(107(95)67-83)104-22-10-4-16-92(104)96-58-46-84(68-108(96)115)119(80-48-60-112-100(64-80)98-18-6-12-24-110(98)123-112)82-44-56-94-90-14-2-8-20-102(90)114(106(94)66-82,74-33-41-78(117)42-34-74)76-37-53-86(54-38-76)121-88-50-30-70-26-28-72(70)62-88/h1-24,29-68H,25-28H2. The van der Waals surface area contributed by atoms with Gasteiger partial charge in [-0.2, -0.15) is 0 Å². The van der Waals surface area contributed by atoms with Gasteiger partial charge in [-0.1, -0.05) is 218 Å². The van der Waals surface area contributed by atoms with Gasteiger partial charge >= 0.3 is 0 Å². The van der Waals surface area contributed by atoms with Crippen LogP contribution in [0.15, 0.2) is 397 Å². The Morgan fingerprint density at radius 1 is 0.211 bits per heavy atom. The lowest BCUT2D eigenvalue weighted by molar-refractivity contribution is 0.480. The summed E-state index contributed by atoms with van der Waals surface area (Å²) in [6, 6.07) is 138. The first-order valence-corrected chi connectivity index (χ1v) is 42.4. The Balaban J connectivity index is 0.679. The van der Waals surface area contributed by atoms with Gasteiger partial charge in [0.1, 0.15) is 57.0 Å². The number of hydrogen-bond acceptors (Lipinski definition) is 6. The molecule has 20 aromatic rings. The highest BCUT2D eigenvalue weighted by atomic mass is 19.1. The first kappa shape index (κ1) is 69.6. The molecular formula is C115H72F2N2O4. The van der Waals surface area contributed by atoms with E-state index >= 15 is 8.78 Å². The molecule has 2 atom stereocenters. The molecule has 0 saturated heterocycles. The number of ether oxygens (including phenoxy) is 2. The molecule has 0 N–H and O–H groups in total. The maximum atomic E-state index is 15.7. The third kappa shape index (κ3) is 10.1. The van der Waals surface area contributed by atoms with Crippen molar-refractivity contribution in [2.45, 2.75) is 41.9 Å². The summed E-state index contributed by atoms with van der Waals surface area (Å²) in [5.74, 6) is 2.49. The number of para-hydroxylation sites is 2. The van der Waals surface area contributed by atoms with E-state index in [2.05, 4.69) is 325 Å². The molecule has 0 radical (unpaired) electrons. The molecule has 26 rings (SSSR count). The summed E-state index contributed by atoms with van der Waals surface area (Å²) >= 11 is 0. The number of aryl methyl sites for hydroxylation is 4. The Kier molecular flexibility index (Phi) is 14.9. The van der Waals surface area contributed by atoms with Crippen LogP contribution in [0.4, 0.5) is 42.9 Å². The molecule has 6 aliphatic rings. The Hall–Kier alpha value is -15.4. The number of nitrogens with zero attached hydrogens (tertiary/aromatic N) is 2. The number of benzene rings is 18. The average Bonchev–Trinajstić information content (AvgIpc) is 1.50. The smallest absolute Gasteiger partial charge is 0.135 e. The van der Waals surface area contributed by atoms with E-state index in [1.54, 1.807) is 24.3 Å². The van der Waals surface area contributed by atoms with Crippen LogP contribution in [0.1, 0.15) is 89.0 Å². The lowest BCUT2D eigenvalue weighted by Gasteiger charge is -2.35. The van der Waals surface area contributed by atoms with Crippen LogP contribution in [0.5, 0.6) is 23.0 Å². The van der Waals surface area contributed by atoms with Crippen molar-refractivity contribution >= 4 is 78.0 Å². The van der Waals surface area contributed by atoms with Crippen molar-refractivity contribution in [3.05, 3.63) is 489 Å². The normalized spacial score (nSPS) is 16.7. The predicted octanol–water partition coefficient (Wildman–Crippen LogP) is 29.6. The number of furan rings is 2. The Bertz CT molecular complexity index is 7410. The molecule has 0 aliphatic heterocycles. The van der Waals surface area contributed by atoms with E-state index in [9.17, 15) is 0 Å². The van der Waals surface area contributed by atoms with E-state index in [1.165, 1.54) is 33.4 Å². The number of hydrogen-bond donors (Lipinski definition) is 0. The maximum Gasteiger partial charge on any atom is 0.135 e. The van der Waals surface area contributed by atoms with Gasteiger partial charge in [0.25, 0.3) is 0 Å². The molecule has 6 aliphatic carbocycles. The molecule has 8 heteroatoms. The fourth-order valence-electron chi connectivity index (χ4n) is 22.1. The van der Waals surface area contributed by atoms with Crippen molar-refractivity contribution < 1.29 is 27.1 Å². The fourth-order valence-corrected chi connectivity index (χ4v) is 22.1. The molecule has 2 unspecified atom stereocenters. The fraction of sp³-hybridized carbons (Fsp3) is 0.0609. The molecule has 1 spiro atoms. The summed E-state index contributed by atoms with van der Waals surface area (Å²) in [6.45, 7) is 0. The van der Waals surface area contributed by atoms with Crippen molar-refractivity contribution in [3.8, 4) is 67.5 Å². The van der Waals surface area contributed by atoms with Crippen LogP contribution in [-0.4, -0.2) is 0 Å². The highest BCUT2D eigenvalue weighted by molar-refractivity contribution is 6.09. The molecule has 0 saturated carbocycles. The number of rotatable bonds is 14. The van der Waals surface area contributed by atoms with Crippen LogP contribution in [-0.2, 0) is 41.9 Å². The second kappa shape index (κ2) is 26.3. The molecule has 6 nitrogen and oxygen atoms in total. The summed E-state index contributed by atoms with van der Waals surface area (Å²) in [6.07, 6.45) is 4.30.